The summed E-state index contributed by atoms with van der Waals surface area (Å²) in [6.45, 7) is 0. The molecule has 250 valence electrons. The Morgan fingerprint density at radius 1 is 0.509 bits per heavy atom. The SMILES string of the molecule is C1=CC2Sc3ccccc3C2C=C1n1c2c(c3ccccc31)=CC1C(C=2)Sc2ccccc2C12c1ccccc1-n1c3ccccc3c3cccc2c31. The van der Waals surface area contributed by atoms with Gasteiger partial charge in [-0.3, -0.25) is 0 Å². The maximum Gasteiger partial charge on any atom is 0.0585 e. The third-order valence-corrected chi connectivity index (χ3v) is 15.4. The molecule has 0 fully saturated rings. The molecule has 0 saturated carbocycles. The maximum atomic E-state index is 2.69. The fraction of sp³-hybridized carbons (Fsp3) is 0.102. The zero-order valence-electron chi connectivity index (χ0n) is 28.7. The molecule has 53 heavy (non-hydrogen) atoms. The van der Waals surface area contributed by atoms with E-state index in [1.54, 1.807) is 0 Å². The van der Waals surface area contributed by atoms with E-state index in [1.807, 2.05) is 23.5 Å². The molecule has 2 aliphatic carbocycles. The fourth-order valence-corrected chi connectivity index (χ4v) is 13.5. The number of rotatable bonds is 1. The lowest BCUT2D eigenvalue weighted by Gasteiger charge is -2.51. The van der Waals surface area contributed by atoms with Gasteiger partial charge >= 0.3 is 0 Å². The maximum absolute atomic E-state index is 2.69. The van der Waals surface area contributed by atoms with E-state index in [0.29, 0.717) is 11.2 Å². The zero-order chi connectivity index (χ0) is 34.4. The van der Waals surface area contributed by atoms with Crippen molar-refractivity contribution in [2.45, 2.75) is 31.6 Å². The van der Waals surface area contributed by atoms with E-state index in [-0.39, 0.29) is 16.6 Å². The van der Waals surface area contributed by atoms with Crippen molar-refractivity contribution >= 4 is 74.1 Å². The van der Waals surface area contributed by atoms with Crippen molar-refractivity contribution in [1.29, 1.82) is 0 Å². The molecule has 0 N–H and O–H groups in total. The summed E-state index contributed by atoms with van der Waals surface area (Å²) in [5.41, 5.74) is 11.8. The molecule has 5 aliphatic rings. The van der Waals surface area contributed by atoms with Gasteiger partial charge in [0, 0.05) is 59.2 Å². The molecule has 3 aliphatic heterocycles. The van der Waals surface area contributed by atoms with Crippen LogP contribution >= 0.6 is 23.5 Å². The largest absolute Gasteiger partial charge is 0.310 e. The normalized spacial score (nSPS) is 24.1. The van der Waals surface area contributed by atoms with Crippen LogP contribution < -0.4 is 10.6 Å². The molecule has 0 amide bonds. The van der Waals surface area contributed by atoms with Gasteiger partial charge in [-0.1, -0.05) is 127 Å². The van der Waals surface area contributed by atoms with E-state index >= 15 is 0 Å². The summed E-state index contributed by atoms with van der Waals surface area (Å²) in [5, 5.41) is 7.32. The van der Waals surface area contributed by atoms with Crippen LogP contribution in [0.1, 0.15) is 28.2 Å². The molecule has 1 spiro atoms. The predicted octanol–water partition coefficient (Wildman–Crippen LogP) is 10.4. The minimum absolute atomic E-state index is 0.186. The number of hydrogen-bond acceptors (Lipinski definition) is 2. The highest BCUT2D eigenvalue weighted by Gasteiger charge is 2.54. The van der Waals surface area contributed by atoms with Crippen LogP contribution in [0.2, 0.25) is 0 Å². The summed E-state index contributed by atoms with van der Waals surface area (Å²) in [4.78, 5) is 2.79. The molecule has 5 heterocycles. The second-order valence-corrected chi connectivity index (χ2v) is 17.5. The molecule has 5 atom stereocenters. The van der Waals surface area contributed by atoms with Crippen molar-refractivity contribution in [3.05, 3.63) is 191 Å². The van der Waals surface area contributed by atoms with Crippen molar-refractivity contribution in [3.63, 3.8) is 0 Å². The van der Waals surface area contributed by atoms with Crippen molar-refractivity contribution in [3.8, 4) is 5.69 Å². The third kappa shape index (κ3) is 3.59. The van der Waals surface area contributed by atoms with Gasteiger partial charge < -0.3 is 9.13 Å². The van der Waals surface area contributed by atoms with Crippen LogP contribution in [0.25, 0.3) is 56.2 Å². The van der Waals surface area contributed by atoms with E-state index < -0.39 is 0 Å². The minimum Gasteiger partial charge on any atom is -0.310 e. The Bertz CT molecular complexity index is 3120. The molecular formula is C49H32N2S2. The lowest BCUT2D eigenvalue weighted by atomic mass is 9.58. The Labute approximate surface area is 315 Å². The quantitative estimate of drug-likeness (QED) is 0.168. The van der Waals surface area contributed by atoms with E-state index in [2.05, 4.69) is 179 Å². The molecule has 0 saturated heterocycles. The number of aromatic nitrogens is 2. The van der Waals surface area contributed by atoms with Gasteiger partial charge in [0.05, 0.1) is 33.0 Å². The minimum atomic E-state index is -0.383. The second-order valence-electron chi connectivity index (χ2n) is 15.1. The van der Waals surface area contributed by atoms with Gasteiger partial charge in [0.15, 0.2) is 0 Å². The van der Waals surface area contributed by atoms with Crippen LogP contribution in [0.5, 0.6) is 0 Å². The Kier molecular flexibility index (Phi) is 5.69. The molecule has 0 radical (unpaired) electrons. The first kappa shape index (κ1) is 29.1. The van der Waals surface area contributed by atoms with Gasteiger partial charge in [-0.05, 0) is 64.7 Å². The molecule has 2 nitrogen and oxygen atoms in total. The number of allylic oxidation sites excluding steroid dienone is 3. The van der Waals surface area contributed by atoms with Gasteiger partial charge in [-0.25, -0.2) is 0 Å². The predicted molar refractivity (Wildman–Crippen MR) is 223 cm³/mol. The first-order valence-electron chi connectivity index (χ1n) is 18.7. The summed E-state index contributed by atoms with van der Waals surface area (Å²) in [6, 6.07) is 52.6. The second kappa shape index (κ2) is 10.4. The third-order valence-electron chi connectivity index (χ3n) is 12.7. The standard InChI is InChI=1S/C49H32N2S2/c1-7-20-41-30(12-1)33-15-11-18-38-48(33)51(41)42-21-8-4-16-36(42)49(38)37-17-5-10-23-46(37)53-47-28-43-34(27-39(47)49)31-13-2-6-19-40(31)50(43)29-24-25-45-35(26-29)32-14-3-9-22-44(32)52-45/h1-28,35,39,45,47H. The van der Waals surface area contributed by atoms with E-state index in [0.717, 1.165) is 0 Å². The zero-order valence-corrected chi connectivity index (χ0v) is 30.3. The summed E-state index contributed by atoms with van der Waals surface area (Å²) in [5.74, 6) is 0.560. The van der Waals surface area contributed by atoms with Crippen LogP contribution in [0.3, 0.4) is 0 Å². The van der Waals surface area contributed by atoms with Gasteiger partial charge in [0.25, 0.3) is 0 Å². The van der Waals surface area contributed by atoms with Crippen molar-refractivity contribution in [1.82, 2.24) is 9.13 Å². The van der Waals surface area contributed by atoms with Crippen LogP contribution in [-0.2, 0) is 5.41 Å². The van der Waals surface area contributed by atoms with Crippen LogP contribution in [0.4, 0.5) is 0 Å². The van der Waals surface area contributed by atoms with Crippen LogP contribution in [0.15, 0.2) is 168 Å². The molecule has 0 bridgehead atoms. The molecule has 4 heteroatoms. The molecular weight excluding hydrogens is 681 g/mol. The average molecular weight is 713 g/mol. The molecule has 2 aromatic heterocycles. The molecule has 8 aromatic rings. The highest BCUT2D eigenvalue weighted by molar-refractivity contribution is 8.00. The molecule has 13 rings (SSSR count). The van der Waals surface area contributed by atoms with Gasteiger partial charge in [0.1, 0.15) is 0 Å². The van der Waals surface area contributed by atoms with E-state index in [9.17, 15) is 0 Å². The number of para-hydroxylation sites is 4. The van der Waals surface area contributed by atoms with Crippen molar-refractivity contribution in [2.75, 3.05) is 0 Å². The van der Waals surface area contributed by atoms with E-state index in [1.165, 1.54) is 86.7 Å². The summed E-state index contributed by atoms with van der Waals surface area (Å²) < 4.78 is 5.12. The number of benzene rings is 6. The van der Waals surface area contributed by atoms with Gasteiger partial charge in [-0.2, -0.15) is 0 Å². The average Bonchev–Trinajstić information content (AvgIpc) is 3.87. The molecule has 6 aromatic carbocycles. The number of thioether (sulfide) groups is 2. The lowest BCUT2D eigenvalue weighted by molar-refractivity contribution is 0.464. The van der Waals surface area contributed by atoms with Crippen LogP contribution in [-0.4, -0.2) is 19.6 Å². The van der Waals surface area contributed by atoms with Crippen molar-refractivity contribution < 1.29 is 0 Å². The smallest absolute Gasteiger partial charge is 0.0585 e. The summed E-state index contributed by atoms with van der Waals surface area (Å²) >= 11 is 4.05. The number of nitrogens with zero attached hydrogens (tertiary/aromatic N) is 2. The Balaban J connectivity index is 1.13. The van der Waals surface area contributed by atoms with Gasteiger partial charge in [0.2, 0.25) is 0 Å². The first-order valence-corrected chi connectivity index (χ1v) is 20.4. The Morgan fingerprint density at radius 3 is 2.09 bits per heavy atom. The summed E-state index contributed by atoms with van der Waals surface area (Å²) in [7, 11) is 0. The Morgan fingerprint density at radius 2 is 1.19 bits per heavy atom. The number of fused-ring (bicyclic) bond motifs is 17. The van der Waals surface area contributed by atoms with Crippen molar-refractivity contribution in [2.24, 2.45) is 5.92 Å². The van der Waals surface area contributed by atoms with Gasteiger partial charge in [-0.15, -0.1) is 23.5 Å². The fourth-order valence-electron chi connectivity index (χ4n) is 10.7. The highest BCUT2D eigenvalue weighted by Crippen LogP contribution is 2.62. The van der Waals surface area contributed by atoms with E-state index in [4.69, 9.17) is 0 Å². The lowest BCUT2D eigenvalue weighted by Crippen LogP contribution is -2.50. The topological polar surface area (TPSA) is 9.86 Å². The summed E-state index contributed by atoms with van der Waals surface area (Å²) in [6.07, 6.45) is 12.7. The number of hydrogen-bond donors (Lipinski definition) is 0. The first-order chi connectivity index (χ1) is 26.3. The molecule has 5 unspecified atom stereocenters. The highest BCUT2D eigenvalue weighted by atomic mass is 32.2. The van der Waals surface area contributed by atoms with Crippen LogP contribution in [0, 0.1) is 5.92 Å². The Hall–Kier alpha value is -5.42. The monoisotopic (exact) mass is 712 g/mol.